The van der Waals surface area contributed by atoms with E-state index in [-0.39, 0.29) is 23.7 Å². The maximum atomic E-state index is 12.3. The first kappa shape index (κ1) is 17.7. The summed E-state index contributed by atoms with van der Waals surface area (Å²) in [6.45, 7) is 7.38. The van der Waals surface area contributed by atoms with Crippen molar-refractivity contribution in [3.8, 4) is 0 Å². The van der Waals surface area contributed by atoms with Crippen LogP contribution >= 0.6 is 0 Å². The van der Waals surface area contributed by atoms with E-state index in [1.54, 1.807) is 19.9 Å². The molecule has 2 aromatic rings. The van der Waals surface area contributed by atoms with Crippen LogP contribution in [-0.4, -0.2) is 23.0 Å². The number of aryl methyl sites for hydroxylation is 1. The molecule has 1 heterocycles. The second-order valence-corrected chi connectivity index (χ2v) is 6.53. The number of anilines is 1. The molecule has 0 fully saturated rings. The van der Waals surface area contributed by atoms with Crippen LogP contribution in [0.15, 0.2) is 40.9 Å². The van der Waals surface area contributed by atoms with Crippen molar-refractivity contribution in [3.63, 3.8) is 0 Å². The average molecular weight is 329 g/mol. The van der Waals surface area contributed by atoms with E-state index in [0.717, 1.165) is 5.56 Å². The fraction of sp³-hybridized carbons (Fsp3) is 0.389. The van der Waals surface area contributed by atoms with Gasteiger partial charge in [0.05, 0.1) is 0 Å². The predicted molar refractivity (Wildman–Crippen MR) is 91.6 cm³/mol. The van der Waals surface area contributed by atoms with Gasteiger partial charge in [-0.1, -0.05) is 49.3 Å². The van der Waals surface area contributed by atoms with Crippen LogP contribution < -0.4 is 10.6 Å². The molecule has 0 bridgehead atoms. The van der Waals surface area contributed by atoms with E-state index in [0.29, 0.717) is 11.6 Å². The van der Waals surface area contributed by atoms with Crippen molar-refractivity contribution in [1.82, 2.24) is 10.5 Å². The molecule has 2 rings (SSSR count). The van der Waals surface area contributed by atoms with Gasteiger partial charge in [0.2, 0.25) is 11.8 Å². The zero-order valence-electron chi connectivity index (χ0n) is 14.4. The third-order valence-corrected chi connectivity index (χ3v) is 3.81. The lowest BCUT2D eigenvalue weighted by molar-refractivity contribution is -0.126. The molecule has 1 atom stereocenters. The lowest BCUT2D eigenvalue weighted by atomic mass is 9.81. The van der Waals surface area contributed by atoms with Crippen LogP contribution in [0.4, 0.5) is 5.82 Å². The lowest BCUT2D eigenvalue weighted by Crippen LogP contribution is -2.43. The molecule has 2 amide bonds. The number of nitrogens with zero attached hydrogens (tertiary/aromatic N) is 1. The van der Waals surface area contributed by atoms with Crippen molar-refractivity contribution >= 4 is 17.6 Å². The first-order valence-electron chi connectivity index (χ1n) is 7.87. The van der Waals surface area contributed by atoms with Gasteiger partial charge in [-0.2, -0.15) is 0 Å². The second-order valence-electron chi connectivity index (χ2n) is 6.53. The highest BCUT2D eigenvalue weighted by Crippen LogP contribution is 2.26. The Morgan fingerprint density at radius 1 is 1.25 bits per heavy atom. The van der Waals surface area contributed by atoms with Crippen molar-refractivity contribution in [2.45, 2.75) is 45.6 Å². The summed E-state index contributed by atoms with van der Waals surface area (Å²) in [6, 6.07) is 10.8. The first-order valence-corrected chi connectivity index (χ1v) is 7.87. The number of carbonyl (C=O) groups is 2. The summed E-state index contributed by atoms with van der Waals surface area (Å²) in [6.07, 6.45) is 0.289. The summed E-state index contributed by atoms with van der Waals surface area (Å²) in [5.74, 6) is 0.423. The van der Waals surface area contributed by atoms with Crippen LogP contribution in [0.5, 0.6) is 0 Å². The zero-order chi connectivity index (χ0) is 17.7. The Kier molecular flexibility index (Phi) is 5.39. The van der Waals surface area contributed by atoms with Gasteiger partial charge in [-0.3, -0.25) is 9.59 Å². The average Bonchev–Trinajstić information content (AvgIpc) is 2.92. The molecule has 0 saturated heterocycles. The van der Waals surface area contributed by atoms with Crippen LogP contribution in [0.1, 0.15) is 38.5 Å². The quantitative estimate of drug-likeness (QED) is 0.853. The van der Waals surface area contributed by atoms with E-state index >= 15 is 0 Å². The molecular formula is C18H23N3O3. The van der Waals surface area contributed by atoms with Gasteiger partial charge < -0.3 is 15.2 Å². The van der Waals surface area contributed by atoms with E-state index < -0.39 is 6.04 Å². The molecule has 0 spiro atoms. The molecule has 0 unspecified atom stereocenters. The van der Waals surface area contributed by atoms with Crippen LogP contribution in [0.2, 0.25) is 0 Å². The van der Waals surface area contributed by atoms with Crippen LogP contribution in [0.25, 0.3) is 0 Å². The Hall–Kier alpha value is -2.63. The maximum Gasteiger partial charge on any atom is 0.247 e. The van der Waals surface area contributed by atoms with E-state index in [4.69, 9.17) is 4.52 Å². The molecule has 1 aromatic heterocycles. The van der Waals surface area contributed by atoms with Crippen molar-refractivity contribution < 1.29 is 14.1 Å². The Balaban J connectivity index is 1.90. The molecule has 6 heteroatoms. The van der Waals surface area contributed by atoms with Gasteiger partial charge in [-0.05, 0) is 24.8 Å². The third kappa shape index (κ3) is 4.68. The largest absolute Gasteiger partial charge is 0.360 e. The molecule has 0 aliphatic rings. The SMILES string of the molecule is Cc1cc(NC(=O)[C@H](C)NC(=O)CC(C)(C)c2ccccc2)no1. The van der Waals surface area contributed by atoms with Crippen LogP contribution in [0.3, 0.4) is 0 Å². The number of benzene rings is 1. The highest BCUT2D eigenvalue weighted by atomic mass is 16.5. The van der Waals surface area contributed by atoms with Crippen LogP contribution in [-0.2, 0) is 15.0 Å². The second kappa shape index (κ2) is 7.29. The molecule has 6 nitrogen and oxygen atoms in total. The molecule has 0 aliphatic carbocycles. The summed E-state index contributed by atoms with van der Waals surface area (Å²) in [4.78, 5) is 24.4. The summed E-state index contributed by atoms with van der Waals surface area (Å²) >= 11 is 0. The first-order chi connectivity index (χ1) is 11.3. The summed E-state index contributed by atoms with van der Waals surface area (Å²) in [5, 5.41) is 9.02. The maximum absolute atomic E-state index is 12.3. The normalized spacial score (nSPS) is 12.5. The fourth-order valence-corrected chi connectivity index (χ4v) is 2.41. The minimum Gasteiger partial charge on any atom is -0.360 e. The molecule has 128 valence electrons. The molecular weight excluding hydrogens is 306 g/mol. The molecule has 2 N–H and O–H groups in total. The summed E-state index contributed by atoms with van der Waals surface area (Å²) < 4.78 is 4.89. The van der Waals surface area contributed by atoms with E-state index in [9.17, 15) is 9.59 Å². The Morgan fingerprint density at radius 2 is 1.92 bits per heavy atom. The minimum atomic E-state index is -0.666. The number of carbonyl (C=O) groups excluding carboxylic acids is 2. The number of rotatable bonds is 6. The van der Waals surface area contributed by atoms with Crippen molar-refractivity contribution in [1.29, 1.82) is 0 Å². The standard InChI is InChI=1S/C18H23N3O3/c1-12-10-15(21-24-12)20-17(23)13(2)19-16(22)11-18(3,4)14-8-6-5-7-9-14/h5-10,13H,11H2,1-4H3,(H,19,22)(H,20,21,23)/t13-/m0/s1. The number of amides is 2. The lowest BCUT2D eigenvalue weighted by Gasteiger charge is -2.25. The molecule has 24 heavy (non-hydrogen) atoms. The van der Waals surface area contributed by atoms with Gasteiger partial charge in [0.15, 0.2) is 5.82 Å². The molecule has 0 saturated carbocycles. The zero-order valence-corrected chi connectivity index (χ0v) is 14.4. The van der Waals surface area contributed by atoms with Gasteiger partial charge in [-0.25, -0.2) is 0 Å². The van der Waals surface area contributed by atoms with Crippen molar-refractivity contribution in [2.75, 3.05) is 5.32 Å². The highest BCUT2D eigenvalue weighted by Gasteiger charge is 2.26. The molecule has 0 radical (unpaired) electrons. The third-order valence-electron chi connectivity index (χ3n) is 3.81. The fourth-order valence-electron chi connectivity index (χ4n) is 2.41. The van der Waals surface area contributed by atoms with E-state index in [2.05, 4.69) is 15.8 Å². The van der Waals surface area contributed by atoms with Gasteiger partial charge in [0, 0.05) is 12.5 Å². The molecule has 0 aliphatic heterocycles. The topological polar surface area (TPSA) is 84.2 Å². The Bertz CT molecular complexity index is 707. The van der Waals surface area contributed by atoms with Gasteiger partial charge in [0.25, 0.3) is 0 Å². The number of aromatic nitrogens is 1. The molecule has 1 aromatic carbocycles. The van der Waals surface area contributed by atoms with Crippen molar-refractivity contribution in [2.24, 2.45) is 0 Å². The minimum absolute atomic E-state index is 0.178. The summed E-state index contributed by atoms with van der Waals surface area (Å²) in [5.41, 5.74) is 0.764. The number of nitrogens with one attached hydrogen (secondary N) is 2. The monoisotopic (exact) mass is 329 g/mol. The Labute approximate surface area is 141 Å². The smallest absolute Gasteiger partial charge is 0.247 e. The van der Waals surface area contributed by atoms with Gasteiger partial charge in [0.1, 0.15) is 11.8 Å². The van der Waals surface area contributed by atoms with Gasteiger partial charge in [-0.15, -0.1) is 0 Å². The number of hydrogen-bond acceptors (Lipinski definition) is 4. The van der Waals surface area contributed by atoms with E-state index in [1.807, 2.05) is 44.2 Å². The highest BCUT2D eigenvalue weighted by molar-refractivity contribution is 5.96. The predicted octanol–water partition coefficient (Wildman–Crippen LogP) is 2.79. The van der Waals surface area contributed by atoms with Gasteiger partial charge >= 0.3 is 0 Å². The van der Waals surface area contributed by atoms with E-state index in [1.165, 1.54) is 0 Å². The number of hydrogen-bond donors (Lipinski definition) is 2. The summed E-state index contributed by atoms with van der Waals surface area (Å²) in [7, 11) is 0. The van der Waals surface area contributed by atoms with Crippen molar-refractivity contribution in [3.05, 3.63) is 47.7 Å². The van der Waals surface area contributed by atoms with Crippen LogP contribution in [0, 0.1) is 6.92 Å². The Morgan fingerprint density at radius 3 is 2.50 bits per heavy atom.